The van der Waals surface area contributed by atoms with Crippen LogP contribution < -0.4 is 0 Å². The summed E-state index contributed by atoms with van der Waals surface area (Å²) in [7, 11) is 3.35. The minimum absolute atomic E-state index is 0.0955. The van der Waals surface area contributed by atoms with Crippen molar-refractivity contribution in [2.24, 2.45) is 0 Å². The standard InChI is InChI=1S/C19H34O3/c1-5-19(22-17-21-4)14-12-10-8-6-7-9-11-13-18(2)15-16-20-3/h1,15,19H,6-14,16-17H2,2-4H3/b18-15+. The van der Waals surface area contributed by atoms with E-state index >= 15 is 0 Å². The summed E-state index contributed by atoms with van der Waals surface area (Å²) in [6, 6.07) is 0. The SMILES string of the molecule is C#CC(CCCCCCCCC/C(C)=C/COC)OCOC. The quantitative estimate of drug-likeness (QED) is 0.190. The maximum Gasteiger partial charge on any atom is 0.148 e. The van der Waals surface area contributed by atoms with Gasteiger partial charge >= 0.3 is 0 Å². The van der Waals surface area contributed by atoms with Gasteiger partial charge in [0.05, 0.1) is 6.61 Å². The second kappa shape index (κ2) is 16.5. The van der Waals surface area contributed by atoms with Crippen molar-refractivity contribution in [1.82, 2.24) is 0 Å². The fourth-order valence-corrected chi connectivity index (χ4v) is 2.31. The second-order valence-corrected chi connectivity index (χ2v) is 5.75. The Morgan fingerprint density at radius 3 is 2.23 bits per heavy atom. The average molecular weight is 310 g/mol. The monoisotopic (exact) mass is 310 g/mol. The zero-order valence-electron chi connectivity index (χ0n) is 14.7. The lowest BCUT2D eigenvalue weighted by Gasteiger charge is -2.11. The van der Waals surface area contributed by atoms with E-state index in [0.717, 1.165) is 19.4 Å². The highest BCUT2D eigenvalue weighted by Gasteiger charge is 2.04. The number of terminal acetylenes is 1. The first kappa shape index (κ1) is 21.2. The Kier molecular flexibility index (Phi) is 15.9. The Labute approximate surface area is 137 Å². The predicted octanol–water partition coefficient (Wildman–Crippen LogP) is 4.71. The molecule has 0 rings (SSSR count). The summed E-state index contributed by atoms with van der Waals surface area (Å²) in [4.78, 5) is 0. The molecular formula is C19H34O3. The minimum atomic E-state index is -0.0955. The van der Waals surface area contributed by atoms with E-state index in [0.29, 0.717) is 0 Å². The largest absolute Gasteiger partial charge is 0.381 e. The summed E-state index contributed by atoms with van der Waals surface area (Å²) in [5.41, 5.74) is 1.44. The van der Waals surface area contributed by atoms with Gasteiger partial charge in [-0.25, -0.2) is 0 Å². The first-order valence-electron chi connectivity index (χ1n) is 8.45. The molecule has 0 aliphatic heterocycles. The van der Waals surface area contributed by atoms with Crippen LogP contribution in [0.25, 0.3) is 0 Å². The molecule has 0 aromatic rings. The Morgan fingerprint density at radius 1 is 1.00 bits per heavy atom. The number of hydrogen-bond donors (Lipinski definition) is 0. The lowest BCUT2D eigenvalue weighted by Crippen LogP contribution is -2.12. The average Bonchev–Trinajstić information content (AvgIpc) is 2.54. The summed E-state index contributed by atoms with van der Waals surface area (Å²) in [5.74, 6) is 2.66. The zero-order valence-corrected chi connectivity index (χ0v) is 14.7. The van der Waals surface area contributed by atoms with Crippen LogP contribution in [0.1, 0.15) is 64.7 Å². The van der Waals surface area contributed by atoms with Crippen molar-refractivity contribution in [2.75, 3.05) is 27.6 Å². The van der Waals surface area contributed by atoms with Crippen LogP contribution >= 0.6 is 0 Å². The molecule has 0 aliphatic rings. The van der Waals surface area contributed by atoms with Gasteiger partial charge < -0.3 is 14.2 Å². The second-order valence-electron chi connectivity index (χ2n) is 5.75. The molecule has 0 saturated heterocycles. The third kappa shape index (κ3) is 14.1. The highest BCUT2D eigenvalue weighted by atomic mass is 16.7. The van der Waals surface area contributed by atoms with E-state index in [9.17, 15) is 0 Å². The molecule has 22 heavy (non-hydrogen) atoms. The number of unbranched alkanes of at least 4 members (excludes halogenated alkanes) is 6. The lowest BCUT2D eigenvalue weighted by atomic mass is 10.0. The molecule has 0 N–H and O–H groups in total. The molecule has 3 heteroatoms. The summed E-state index contributed by atoms with van der Waals surface area (Å²) in [6.45, 7) is 3.21. The number of ether oxygens (including phenoxy) is 3. The van der Waals surface area contributed by atoms with E-state index in [1.165, 1.54) is 50.5 Å². The molecule has 1 unspecified atom stereocenters. The number of hydrogen-bond acceptors (Lipinski definition) is 3. The van der Waals surface area contributed by atoms with E-state index in [2.05, 4.69) is 18.9 Å². The van der Waals surface area contributed by atoms with Crippen molar-refractivity contribution in [3.8, 4) is 12.3 Å². The number of allylic oxidation sites excluding steroid dienone is 1. The summed E-state index contributed by atoms with van der Waals surface area (Å²) in [5, 5.41) is 0. The first-order chi connectivity index (χ1) is 10.7. The van der Waals surface area contributed by atoms with Crippen molar-refractivity contribution >= 4 is 0 Å². The van der Waals surface area contributed by atoms with E-state index in [1.54, 1.807) is 14.2 Å². The molecule has 0 saturated carbocycles. The Morgan fingerprint density at radius 2 is 1.64 bits per heavy atom. The maximum atomic E-state index is 5.42. The van der Waals surface area contributed by atoms with Gasteiger partial charge in [0.1, 0.15) is 12.9 Å². The third-order valence-corrected chi connectivity index (χ3v) is 3.71. The molecule has 128 valence electrons. The highest BCUT2D eigenvalue weighted by Crippen LogP contribution is 2.13. The summed E-state index contributed by atoms with van der Waals surface area (Å²) in [6.07, 6.45) is 18.6. The maximum absolute atomic E-state index is 5.42. The molecule has 0 radical (unpaired) electrons. The molecule has 0 spiro atoms. The topological polar surface area (TPSA) is 27.7 Å². The van der Waals surface area contributed by atoms with Gasteiger partial charge in [0.2, 0.25) is 0 Å². The van der Waals surface area contributed by atoms with Crippen LogP contribution in [-0.2, 0) is 14.2 Å². The van der Waals surface area contributed by atoms with Crippen molar-refractivity contribution in [3.05, 3.63) is 11.6 Å². The van der Waals surface area contributed by atoms with Crippen LogP contribution in [0, 0.1) is 12.3 Å². The van der Waals surface area contributed by atoms with Crippen LogP contribution in [0.5, 0.6) is 0 Å². The Balaban J connectivity index is 3.35. The van der Waals surface area contributed by atoms with Gasteiger partial charge in [0.15, 0.2) is 0 Å². The van der Waals surface area contributed by atoms with Crippen LogP contribution in [0.2, 0.25) is 0 Å². The van der Waals surface area contributed by atoms with Crippen molar-refractivity contribution in [3.63, 3.8) is 0 Å². The van der Waals surface area contributed by atoms with Gasteiger partial charge in [-0.15, -0.1) is 6.42 Å². The van der Waals surface area contributed by atoms with Crippen molar-refractivity contribution < 1.29 is 14.2 Å². The van der Waals surface area contributed by atoms with Gasteiger partial charge in [-0.05, 0) is 32.6 Å². The molecule has 0 aromatic heterocycles. The molecule has 0 fully saturated rings. The lowest BCUT2D eigenvalue weighted by molar-refractivity contribution is -0.0548. The van der Waals surface area contributed by atoms with Gasteiger partial charge in [-0.3, -0.25) is 0 Å². The van der Waals surface area contributed by atoms with E-state index in [-0.39, 0.29) is 12.9 Å². The number of rotatable bonds is 15. The Hall–Kier alpha value is -0.820. The van der Waals surface area contributed by atoms with Crippen LogP contribution in [0.15, 0.2) is 11.6 Å². The smallest absolute Gasteiger partial charge is 0.148 e. The molecule has 0 amide bonds. The first-order valence-corrected chi connectivity index (χ1v) is 8.45. The van der Waals surface area contributed by atoms with Crippen molar-refractivity contribution in [2.45, 2.75) is 70.8 Å². The van der Waals surface area contributed by atoms with Gasteiger partial charge in [-0.1, -0.05) is 49.7 Å². The summed E-state index contributed by atoms with van der Waals surface area (Å²) >= 11 is 0. The fourth-order valence-electron chi connectivity index (χ4n) is 2.31. The molecule has 0 aromatic carbocycles. The van der Waals surface area contributed by atoms with Gasteiger partial charge in [-0.2, -0.15) is 0 Å². The molecule has 0 heterocycles. The van der Waals surface area contributed by atoms with Crippen LogP contribution in [0.3, 0.4) is 0 Å². The van der Waals surface area contributed by atoms with Crippen molar-refractivity contribution in [1.29, 1.82) is 0 Å². The normalized spacial score (nSPS) is 13.1. The van der Waals surface area contributed by atoms with Gasteiger partial charge in [0, 0.05) is 14.2 Å². The van der Waals surface area contributed by atoms with E-state index in [4.69, 9.17) is 20.6 Å². The zero-order chi connectivity index (χ0) is 16.5. The minimum Gasteiger partial charge on any atom is -0.381 e. The van der Waals surface area contributed by atoms with E-state index in [1.807, 2.05) is 0 Å². The van der Waals surface area contributed by atoms with E-state index < -0.39 is 0 Å². The number of methoxy groups -OCH3 is 2. The molecule has 0 bridgehead atoms. The predicted molar refractivity (Wildman–Crippen MR) is 92.8 cm³/mol. The van der Waals surface area contributed by atoms with Crippen LogP contribution in [0.4, 0.5) is 0 Å². The third-order valence-electron chi connectivity index (χ3n) is 3.71. The fraction of sp³-hybridized carbons (Fsp3) is 0.789. The molecular weight excluding hydrogens is 276 g/mol. The van der Waals surface area contributed by atoms with Crippen LogP contribution in [-0.4, -0.2) is 33.7 Å². The molecule has 0 aliphatic carbocycles. The van der Waals surface area contributed by atoms with Gasteiger partial charge in [0.25, 0.3) is 0 Å². The summed E-state index contributed by atoms with van der Waals surface area (Å²) < 4.78 is 15.3. The highest BCUT2D eigenvalue weighted by molar-refractivity contribution is 4.97. The molecule has 1 atom stereocenters. The Bertz CT molecular complexity index is 304. The molecule has 3 nitrogen and oxygen atoms in total.